The maximum atomic E-state index is 12.1. The minimum atomic E-state index is -0.384. The van der Waals surface area contributed by atoms with E-state index in [2.05, 4.69) is 16.0 Å². The Morgan fingerprint density at radius 1 is 1.25 bits per heavy atom. The van der Waals surface area contributed by atoms with E-state index in [4.69, 9.17) is 16.0 Å². The Hall–Kier alpha value is -2.02. The van der Waals surface area contributed by atoms with E-state index in [1.165, 1.54) is 6.26 Å². The van der Waals surface area contributed by atoms with E-state index < -0.39 is 0 Å². The Morgan fingerprint density at radius 2 is 2.08 bits per heavy atom. The number of benzene rings is 1. The molecule has 6 nitrogen and oxygen atoms in total. The maximum Gasteiger partial charge on any atom is 0.291 e. The lowest BCUT2D eigenvalue weighted by Crippen LogP contribution is -2.24. The van der Waals surface area contributed by atoms with Crippen LogP contribution in [0.15, 0.2) is 41.0 Å². The first-order chi connectivity index (χ1) is 11.1. The smallest absolute Gasteiger partial charge is 0.291 e. The van der Waals surface area contributed by atoms with E-state index in [9.17, 15) is 9.59 Å². The lowest BCUT2D eigenvalue weighted by atomic mass is 10.1. The number of carbonyl (C=O) groups excluding carboxylic acids is 2. The van der Waals surface area contributed by atoms with Crippen LogP contribution in [0.2, 0.25) is 5.02 Å². The summed E-state index contributed by atoms with van der Waals surface area (Å²) in [5.74, 6) is -0.233. The Labute approximate surface area is 150 Å². The zero-order valence-electron chi connectivity index (χ0n) is 12.7. The quantitative estimate of drug-likeness (QED) is 0.772. The first-order valence-electron chi connectivity index (χ1n) is 7.29. The number of hydrogen-bond acceptors (Lipinski definition) is 4. The topological polar surface area (TPSA) is 83.4 Å². The van der Waals surface area contributed by atoms with Crippen LogP contribution in [0.5, 0.6) is 0 Å². The first kappa shape index (κ1) is 18.3. The summed E-state index contributed by atoms with van der Waals surface area (Å²) in [5.41, 5.74) is 1.05. The van der Waals surface area contributed by atoms with Gasteiger partial charge in [-0.3, -0.25) is 9.59 Å². The molecule has 2 amide bonds. The Kier molecular flexibility index (Phi) is 6.25. The average molecular weight is 370 g/mol. The third kappa shape index (κ3) is 4.29. The summed E-state index contributed by atoms with van der Waals surface area (Å²) >= 11 is 6.17. The molecule has 0 saturated carbocycles. The van der Waals surface area contributed by atoms with Crippen molar-refractivity contribution in [2.45, 2.75) is 6.42 Å². The Bertz CT molecular complexity index is 713. The fraction of sp³-hybridized carbons (Fsp3) is 0.250. The molecule has 3 rings (SSSR count). The molecule has 24 heavy (non-hydrogen) atoms. The Morgan fingerprint density at radius 3 is 2.71 bits per heavy atom. The van der Waals surface area contributed by atoms with Gasteiger partial charge in [-0.05, 0) is 43.3 Å². The van der Waals surface area contributed by atoms with Crippen molar-refractivity contribution in [1.29, 1.82) is 0 Å². The lowest BCUT2D eigenvalue weighted by Gasteiger charge is -2.12. The molecule has 0 radical (unpaired) electrons. The van der Waals surface area contributed by atoms with Crippen molar-refractivity contribution in [2.24, 2.45) is 5.92 Å². The largest absolute Gasteiger partial charge is 0.459 e. The molecule has 0 spiro atoms. The van der Waals surface area contributed by atoms with Gasteiger partial charge >= 0.3 is 0 Å². The molecule has 2 aromatic rings. The molecule has 1 unspecified atom stereocenters. The van der Waals surface area contributed by atoms with Crippen molar-refractivity contribution >= 4 is 47.2 Å². The highest BCUT2D eigenvalue weighted by atomic mass is 35.5. The van der Waals surface area contributed by atoms with E-state index in [0.717, 1.165) is 13.0 Å². The standard InChI is InChI=1S/C16H16ClN3O3.ClH/c17-12-8-11(19-15(21)10-5-6-18-9-10)3-4-13(12)20-16(22)14-2-1-7-23-14;/h1-4,7-8,10,18H,5-6,9H2,(H,19,21)(H,20,22);1H. The van der Waals surface area contributed by atoms with Crippen molar-refractivity contribution in [2.75, 3.05) is 23.7 Å². The van der Waals surface area contributed by atoms with E-state index in [0.29, 0.717) is 22.9 Å². The summed E-state index contributed by atoms with van der Waals surface area (Å²) in [4.78, 5) is 24.0. The highest BCUT2D eigenvalue weighted by Crippen LogP contribution is 2.26. The molecule has 1 fully saturated rings. The summed E-state index contributed by atoms with van der Waals surface area (Å²) in [6.07, 6.45) is 2.25. The fourth-order valence-electron chi connectivity index (χ4n) is 2.41. The third-order valence-electron chi connectivity index (χ3n) is 3.66. The van der Waals surface area contributed by atoms with Crippen LogP contribution < -0.4 is 16.0 Å². The molecule has 0 bridgehead atoms. The van der Waals surface area contributed by atoms with Gasteiger partial charge in [-0.25, -0.2) is 0 Å². The SMILES string of the molecule is Cl.O=C(Nc1ccc(NC(=O)C2CCNC2)cc1Cl)c1ccco1. The highest BCUT2D eigenvalue weighted by molar-refractivity contribution is 6.34. The van der Waals surface area contributed by atoms with Gasteiger partial charge in [0.1, 0.15) is 0 Å². The molecular formula is C16H17Cl2N3O3. The molecule has 128 valence electrons. The number of nitrogens with one attached hydrogen (secondary N) is 3. The van der Waals surface area contributed by atoms with Gasteiger partial charge in [0.15, 0.2) is 5.76 Å². The van der Waals surface area contributed by atoms with Gasteiger partial charge < -0.3 is 20.4 Å². The number of furan rings is 1. The molecule has 1 aromatic carbocycles. The minimum Gasteiger partial charge on any atom is -0.459 e. The van der Waals surface area contributed by atoms with Crippen molar-refractivity contribution in [3.8, 4) is 0 Å². The number of hydrogen-bond donors (Lipinski definition) is 3. The molecular weight excluding hydrogens is 353 g/mol. The number of halogens is 2. The van der Waals surface area contributed by atoms with Crippen LogP contribution in [-0.4, -0.2) is 24.9 Å². The molecule has 2 heterocycles. The summed E-state index contributed by atoms with van der Waals surface area (Å²) in [6, 6.07) is 8.15. The first-order valence-corrected chi connectivity index (χ1v) is 7.67. The van der Waals surface area contributed by atoms with Crippen molar-refractivity contribution in [1.82, 2.24) is 5.32 Å². The van der Waals surface area contributed by atoms with Crippen LogP contribution in [0.4, 0.5) is 11.4 Å². The summed E-state index contributed by atoms with van der Waals surface area (Å²) in [7, 11) is 0. The van der Waals surface area contributed by atoms with E-state index in [1.807, 2.05) is 0 Å². The van der Waals surface area contributed by atoms with Gasteiger partial charge in [0.05, 0.1) is 22.9 Å². The van der Waals surface area contributed by atoms with Crippen LogP contribution >= 0.6 is 24.0 Å². The second kappa shape index (κ2) is 8.19. The minimum absolute atomic E-state index is 0. The zero-order valence-corrected chi connectivity index (χ0v) is 14.2. The average Bonchev–Trinajstić information content (AvgIpc) is 3.23. The Balaban J connectivity index is 0.00000208. The normalized spacial score (nSPS) is 16.3. The van der Waals surface area contributed by atoms with Gasteiger partial charge in [-0.1, -0.05) is 11.6 Å². The van der Waals surface area contributed by atoms with E-state index in [1.54, 1.807) is 30.3 Å². The van der Waals surface area contributed by atoms with Gasteiger partial charge in [-0.2, -0.15) is 0 Å². The predicted octanol–water partition coefficient (Wildman–Crippen LogP) is 3.16. The monoisotopic (exact) mass is 369 g/mol. The van der Waals surface area contributed by atoms with Gasteiger partial charge in [0.2, 0.25) is 5.91 Å². The van der Waals surface area contributed by atoms with Crippen LogP contribution in [0.3, 0.4) is 0 Å². The number of carbonyl (C=O) groups is 2. The predicted molar refractivity (Wildman–Crippen MR) is 95.0 cm³/mol. The number of rotatable bonds is 4. The van der Waals surface area contributed by atoms with Crippen LogP contribution in [-0.2, 0) is 4.79 Å². The van der Waals surface area contributed by atoms with Gasteiger partial charge in [-0.15, -0.1) is 12.4 Å². The van der Waals surface area contributed by atoms with E-state index in [-0.39, 0.29) is 35.9 Å². The second-order valence-electron chi connectivity index (χ2n) is 5.31. The molecule has 3 N–H and O–H groups in total. The van der Waals surface area contributed by atoms with Crippen LogP contribution in [0, 0.1) is 5.92 Å². The molecule has 1 aliphatic heterocycles. The molecule has 0 aliphatic carbocycles. The second-order valence-corrected chi connectivity index (χ2v) is 5.71. The number of anilines is 2. The zero-order chi connectivity index (χ0) is 16.2. The van der Waals surface area contributed by atoms with Crippen LogP contribution in [0.1, 0.15) is 17.0 Å². The highest BCUT2D eigenvalue weighted by Gasteiger charge is 2.22. The molecule has 1 saturated heterocycles. The fourth-order valence-corrected chi connectivity index (χ4v) is 2.64. The molecule has 1 aliphatic rings. The van der Waals surface area contributed by atoms with Crippen LogP contribution in [0.25, 0.3) is 0 Å². The molecule has 1 aromatic heterocycles. The summed E-state index contributed by atoms with van der Waals surface area (Å²) in [5, 5.41) is 8.99. The van der Waals surface area contributed by atoms with Crippen molar-refractivity contribution < 1.29 is 14.0 Å². The van der Waals surface area contributed by atoms with Crippen molar-refractivity contribution in [3.63, 3.8) is 0 Å². The van der Waals surface area contributed by atoms with E-state index >= 15 is 0 Å². The third-order valence-corrected chi connectivity index (χ3v) is 3.97. The van der Waals surface area contributed by atoms with Crippen molar-refractivity contribution in [3.05, 3.63) is 47.4 Å². The van der Waals surface area contributed by atoms with Gasteiger partial charge in [0, 0.05) is 12.2 Å². The van der Waals surface area contributed by atoms with Gasteiger partial charge in [0.25, 0.3) is 5.91 Å². The summed E-state index contributed by atoms with van der Waals surface area (Å²) < 4.78 is 5.02. The molecule has 8 heteroatoms. The number of amides is 2. The molecule has 1 atom stereocenters. The summed E-state index contributed by atoms with van der Waals surface area (Å²) in [6.45, 7) is 1.55. The lowest BCUT2D eigenvalue weighted by molar-refractivity contribution is -0.119. The maximum absolute atomic E-state index is 12.1.